The maximum Gasteiger partial charge on any atom is 0.263 e. The number of anilines is 2. The van der Waals surface area contributed by atoms with E-state index >= 15 is 0 Å². The van der Waals surface area contributed by atoms with Gasteiger partial charge in [-0.05, 0) is 48.0 Å². The first-order valence-corrected chi connectivity index (χ1v) is 9.26. The van der Waals surface area contributed by atoms with Crippen LogP contribution in [0.15, 0.2) is 72.0 Å². The average molecular weight is 375 g/mol. The molecule has 0 saturated heterocycles. The van der Waals surface area contributed by atoms with Crippen LogP contribution in [0.2, 0.25) is 5.02 Å². The fourth-order valence-corrected chi connectivity index (χ4v) is 3.40. The zero-order valence-electron chi connectivity index (χ0n) is 13.1. The number of nitrogens with zero attached hydrogens (tertiary/aromatic N) is 2. The summed E-state index contributed by atoms with van der Waals surface area (Å²) in [6.45, 7) is 0.623. The van der Waals surface area contributed by atoms with Gasteiger partial charge in [-0.3, -0.25) is 9.71 Å². The van der Waals surface area contributed by atoms with Gasteiger partial charge in [0.25, 0.3) is 10.0 Å². The van der Waals surface area contributed by atoms with E-state index in [1.54, 1.807) is 42.9 Å². The number of hydrogen-bond donors (Lipinski definition) is 2. The number of halogens is 1. The minimum absolute atomic E-state index is 0.0849. The minimum Gasteiger partial charge on any atom is -0.380 e. The first-order valence-electron chi connectivity index (χ1n) is 7.40. The summed E-state index contributed by atoms with van der Waals surface area (Å²) >= 11 is 5.84. The first-order chi connectivity index (χ1) is 12.0. The lowest BCUT2D eigenvalue weighted by atomic mass is 10.2. The molecule has 0 unspecified atom stereocenters. The maximum atomic E-state index is 12.3. The van der Waals surface area contributed by atoms with Gasteiger partial charge >= 0.3 is 0 Å². The van der Waals surface area contributed by atoms with Crippen molar-refractivity contribution in [2.24, 2.45) is 0 Å². The molecule has 0 aliphatic rings. The molecular formula is C17H15ClN4O2S. The molecule has 0 saturated carbocycles. The maximum absolute atomic E-state index is 12.3. The lowest BCUT2D eigenvalue weighted by molar-refractivity contribution is 0.601. The summed E-state index contributed by atoms with van der Waals surface area (Å²) in [6, 6.07) is 13.2. The van der Waals surface area contributed by atoms with Gasteiger partial charge < -0.3 is 5.32 Å². The fourth-order valence-electron chi connectivity index (χ4n) is 2.09. The molecule has 2 aromatic heterocycles. The number of aromatic nitrogens is 2. The number of benzene rings is 1. The predicted octanol–water partition coefficient (Wildman–Crippen LogP) is 3.54. The molecule has 0 atom stereocenters. The Morgan fingerprint density at radius 2 is 1.84 bits per heavy atom. The minimum atomic E-state index is -3.73. The summed E-state index contributed by atoms with van der Waals surface area (Å²) < 4.78 is 27.1. The smallest absolute Gasteiger partial charge is 0.263 e. The molecule has 0 aliphatic carbocycles. The molecule has 6 nitrogen and oxygen atoms in total. The van der Waals surface area contributed by atoms with Crippen molar-refractivity contribution in [2.75, 3.05) is 10.0 Å². The Balaban J connectivity index is 1.66. The molecule has 0 bridgehead atoms. The molecule has 0 spiro atoms. The molecule has 1 aromatic carbocycles. The summed E-state index contributed by atoms with van der Waals surface area (Å²) in [7, 11) is -3.73. The third-order valence-electron chi connectivity index (χ3n) is 3.35. The number of rotatable bonds is 6. The molecule has 0 radical (unpaired) electrons. The third-order valence-corrected chi connectivity index (χ3v) is 4.94. The molecule has 3 aromatic rings. The number of sulfonamides is 1. The number of hydrogen-bond acceptors (Lipinski definition) is 5. The normalized spacial score (nSPS) is 11.1. The van der Waals surface area contributed by atoms with Crippen molar-refractivity contribution in [1.29, 1.82) is 0 Å². The lowest BCUT2D eigenvalue weighted by Crippen LogP contribution is -2.14. The van der Waals surface area contributed by atoms with Crippen molar-refractivity contribution in [3.8, 4) is 0 Å². The molecule has 128 valence electrons. The van der Waals surface area contributed by atoms with Crippen LogP contribution in [0, 0.1) is 0 Å². The third kappa shape index (κ3) is 4.68. The van der Waals surface area contributed by atoms with Crippen molar-refractivity contribution in [3.63, 3.8) is 0 Å². The molecule has 2 heterocycles. The predicted molar refractivity (Wildman–Crippen MR) is 98.1 cm³/mol. The van der Waals surface area contributed by atoms with Gasteiger partial charge in [-0.15, -0.1) is 0 Å². The highest BCUT2D eigenvalue weighted by Gasteiger charge is 2.15. The van der Waals surface area contributed by atoms with Crippen LogP contribution in [0.5, 0.6) is 0 Å². The summed E-state index contributed by atoms with van der Waals surface area (Å²) in [6.07, 6.45) is 5.02. The van der Waals surface area contributed by atoms with Crippen molar-refractivity contribution in [2.45, 2.75) is 11.4 Å². The SMILES string of the molecule is O=S(=O)(Nc1ccc(NCc2ccncc2)cn1)c1cccc(Cl)c1. The van der Waals surface area contributed by atoms with Crippen LogP contribution in [0.1, 0.15) is 5.56 Å². The van der Waals surface area contributed by atoms with Crippen LogP contribution in [0.3, 0.4) is 0 Å². The topological polar surface area (TPSA) is 84.0 Å². The van der Waals surface area contributed by atoms with Gasteiger partial charge in [0, 0.05) is 24.0 Å². The highest BCUT2D eigenvalue weighted by atomic mass is 35.5. The van der Waals surface area contributed by atoms with E-state index in [-0.39, 0.29) is 10.7 Å². The van der Waals surface area contributed by atoms with Crippen LogP contribution < -0.4 is 10.0 Å². The summed E-state index contributed by atoms with van der Waals surface area (Å²) in [5.74, 6) is 0.231. The van der Waals surface area contributed by atoms with E-state index in [1.165, 1.54) is 12.1 Å². The Morgan fingerprint density at radius 3 is 2.52 bits per heavy atom. The Bertz CT molecular complexity index is 948. The Morgan fingerprint density at radius 1 is 1.04 bits per heavy atom. The van der Waals surface area contributed by atoms with E-state index in [1.807, 2.05) is 12.1 Å². The summed E-state index contributed by atoms with van der Waals surface area (Å²) in [5, 5.41) is 3.56. The van der Waals surface area contributed by atoms with Gasteiger partial charge in [0.1, 0.15) is 5.82 Å². The van der Waals surface area contributed by atoms with Gasteiger partial charge in [0.2, 0.25) is 0 Å². The zero-order valence-corrected chi connectivity index (χ0v) is 14.6. The standard InChI is InChI=1S/C17H15ClN4O2S/c18-14-2-1-3-16(10-14)25(23,24)22-17-5-4-15(12-21-17)20-11-13-6-8-19-9-7-13/h1-10,12,20H,11H2,(H,21,22). The second-order valence-electron chi connectivity index (χ2n) is 5.20. The highest BCUT2D eigenvalue weighted by molar-refractivity contribution is 7.92. The fraction of sp³-hybridized carbons (Fsp3) is 0.0588. The van der Waals surface area contributed by atoms with E-state index in [9.17, 15) is 8.42 Å². The monoisotopic (exact) mass is 374 g/mol. The van der Waals surface area contributed by atoms with Crippen LogP contribution in [-0.2, 0) is 16.6 Å². The van der Waals surface area contributed by atoms with E-state index in [0.29, 0.717) is 11.6 Å². The molecule has 0 aliphatic heterocycles. The van der Waals surface area contributed by atoms with Gasteiger partial charge in [-0.2, -0.15) is 0 Å². The summed E-state index contributed by atoms with van der Waals surface area (Å²) in [5.41, 5.74) is 1.86. The van der Waals surface area contributed by atoms with Crippen LogP contribution in [0.4, 0.5) is 11.5 Å². The molecule has 2 N–H and O–H groups in total. The molecule has 0 fully saturated rings. The zero-order chi connectivity index (χ0) is 17.7. The van der Waals surface area contributed by atoms with Crippen LogP contribution in [0.25, 0.3) is 0 Å². The quantitative estimate of drug-likeness (QED) is 0.689. The molecule has 8 heteroatoms. The molecular weight excluding hydrogens is 360 g/mol. The molecule has 3 rings (SSSR count). The molecule has 25 heavy (non-hydrogen) atoms. The lowest BCUT2D eigenvalue weighted by Gasteiger charge is -2.09. The van der Waals surface area contributed by atoms with Crippen molar-refractivity contribution in [3.05, 3.63) is 77.7 Å². The van der Waals surface area contributed by atoms with Gasteiger partial charge in [0.15, 0.2) is 0 Å². The van der Waals surface area contributed by atoms with Crippen LogP contribution >= 0.6 is 11.6 Å². The van der Waals surface area contributed by atoms with Crippen molar-refractivity contribution < 1.29 is 8.42 Å². The Kier molecular flexibility index (Phi) is 5.16. The Hall–Kier alpha value is -2.64. The van der Waals surface area contributed by atoms with E-state index in [2.05, 4.69) is 20.0 Å². The van der Waals surface area contributed by atoms with Gasteiger partial charge in [-0.25, -0.2) is 13.4 Å². The Labute approximate surface area is 151 Å². The average Bonchev–Trinajstić information content (AvgIpc) is 2.62. The van der Waals surface area contributed by atoms with Crippen LogP contribution in [-0.4, -0.2) is 18.4 Å². The summed E-state index contributed by atoms with van der Waals surface area (Å²) in [4.78, 5) is 8.17. The van der Waals surface area contributed by atoms with E-state index in [0.717, 1.165) is 11.3 Å². The number of nitrogens with one attached hydrogen (secondary N) is 2. The first kappa shape index (κ1) is 17.2. The second-order valence-corrected chi connectivity index (χ2v) is 7.32. The van der Waals surface area contributed by atoms with Gasteiger partial charge in [0.05, 0.1) is 16.8 Å². The highest BCUT2D eigenvalue weighted by Crippen LogP contribution is 2.19. The van der Waals surface area contributed by atoms with E-state index in [4.69, 9.17) is 11.6 Å². The number of pyridine rings is 2. The van der Waals surface area contributed by atoms with E-state index < -0.39 is 10.0 Å². The second kappa shape index (κ2) is 7.50. The molecule has 0 amide bonds. The van der Waals surface area contributed by atoms with Crippen molar-refractivity contribution >= 4 is 33.1 Å². The van der Waals surface area contributed by atoms with Crippen molar-refractivity contribution in [1.82, 2.24) is 9.97 Å². The van der Waals surface area contributed by atoms with Gasteiger partial charge in [-0.1, -0.05) is 17.7 Å². The largest absolute Gasteiger partial charge is 0.380 e.